The quantitative estimate of drug-likeness (QED) is 0.889. The summed E-state index contributed by atoms with van der Waals surface area (Å²) in [7, 11) is 0. The van der Waals surface area contributed by atoms with Crippen LogP contribution in [0.3, 0.4) is 0 Å². The number of hydrogen-bond acceptors (Lipinski definition) is 3. The molecule has 0 saturated carbocycles. The second kappa shape index (κ2) is 8.99. The van der Waals surface area contributed by atoms with Gasteiger partial charge in [0.1, 0.15) is 0 Å². The summed E-state index contributed by atoms with van der Waals surface area (Å²) >= 11 is 0. The third-order valence-electron chi connectivity index (χ3n) is 4.29. The van der Waals surface area contributed by atoms with Crippen molar-refractivity contribution in [2.45, 2.75) is 45.6 Å². The van der Waals surface area contributed by atoms with Gasteiger partial charge in [-0.2, -0.15) is 0 Å². The van der Waals surface area contributed by atoms with Crippen LogP contribution < -0.4 is 5.32 Å². The molecule has 25 heavy (non-hydrogen) atoms. The fourth-order valence-electron chi connectivity index (χ4n) is 3.09. The maximum atomic E-state index is 12.5. The van der Waals surface area contributed by atoms with Crippen molar-refractivity contribution < 1.29 is 9.59 Å². The molecule has 0 aliphatic carbocycles. The molecule has 5 nitrogen and oxygen atoms in total. The lowest BCUT2D eigenvalue weighted by Crippen LogP contribution is -2.46. The minimum atomic E-state index is -0.206. The Kier molecular flexibility index (Phi) is 7.00. The van der Waals surface area contributed by atoms with Crippen LogP contribution in [0.1, 0.15) is 39.2 Å². The Balaban J connectivity index is 1.76. The van der Waals surface area contributed by atoms with Gasteiger partial charge in [0.25, 0.3) is 0 Å². The van der Waals surface area contributed by atoms with Crippen molar-refractivity contribution in [2.24, 2.45) is 0 Å². The van der Waals surface area contributed by atoms with Crippen LogP contribution in [0.5, 0.6) is 0 Å². The molecule has 1 aliphatic rings. The van der Waals surface area contributed by atoms with Crippen molar-refractivity contribution in [3.05, 3.63) is 35.9 Å². The van der Waals surface area contributed by atoms with Crippen molar-refractivity contribution in [3.8, 4) is 0 Å². The first-order chi connectivity index (χ1) is 11.8. The van der Waals surface area contributed by atoms with Crippen LogP contribution in [0.25, 0.3) is 0 Å². The minimum absolute atomic E-state index is 0.0522. The standard InChI is InChI=1S/C20H31N3O2/c1-20(2,3)21-18(24)16-22-12-7-13-23(15-14-22)19(25)11-10-17-8-5-4-6-9-17/h4-6,8-9H,7,10-16H2,1-3H3,(H,21,24). The number of amides is 2. The molecule has 0 bridgehead atoms. The molecule has 1 aliphatic heterocycles. The maximum Gasteiger partial charge on any atom is 0.234 e. The van der Waals surface area contributed by atoms with E-state index in [0.717, 1.165) is 32.5 Å². The number of benzene rings is 1. The van der Waals surface area contributed by atoms with E-state index in [9.17, 15) is 9.59 Å². The Hall–Kier alpha value is -1.88. The second-order valence-corrected chi connectivity index (χ2v) is 7.79. The van der Waals surface area contributed by atoms with Crippen molar-refractivity contribution in [1.29, 1.82) is 0 Å². The average molecular weight is 345 g/mol. The monoisotopic (exact) mass is 345 g/mol. The number of carbonyl (C=O) groups excluding carboxylic acids is 2. The fourth-order valence-corrected chi connectivity index (χ4v) is 3.09. The summed E-state index contributed by atoms with van der Waals surface area (Å²) < 4.78 is 0. The van der Waals surface area contributed by atoms with E-state index in [1.807, 2.05) is 43.9 Å². The van der Waals surface area contributed by atoms with Gasteiger partial charge in [-0.25, -0.2) is 0 Å². The zero-order valence-corrected chi connectivity index (χ0v) is 15.8. The predicted octanol–water partition coefficient (Wildman–Crippen LogP) is 2.07. The van der Waals surface area contributed by atoms with Crippen LogP contribution in [0, 0.1) is 0 Å². The van der Waals surface area contributed by atoms with E-state index < -0.39 is 0 Å². The van der Waals surface area contributed by atoms with E-state index in [2.05, 4.69) is 22.3 Å². The van der Waals surface area contributed by atoms with E-state index in [4.69, 9.17) is 0 Å². The van der Waals surface area contributed by atoms with Gasteiger partial charge in [-0.15, -0.1) is 0 Å². The van der Waals surface area contributed by atoms with Crippen molar-refractivity contribution in [1.82, 2.24) is 15.1 Å². The van der Waals surface area contributed by atoms with E-state index in [1.165, 1.54) is 5.56 Å². The highest BCUT2D eigenvalue weighted by Crippen LogP contribution is 2.09. The summed E-state index contributed by atoms with van der Waals surface area (Å²) in [6.45, 7) is 9.47. The van der Waals surface area contributed by atoms with E-state index in [1.54, 1.807) is 0 Å². The van der Waals surface area contributed by atoms with Gasteiger partial charge in [0.05, 0.1) is 6.54 Å². The smallest absolute Gasteiger partial charge is 0.234 e. The molecule has 1 heterocycles. The first-order valence-corrected chi connectivity index (χ1v) is 9.18. The number of nitrogens with zero attached hydrogens (tertiary/aromatic N) is 2. The molecule has 0 radical (unpaired) electrons. The Morgan fingerprint density at radius 1 is 1.04 bits per heavy atom. The summed E-state index contributed by atoms with van der Waals surface area (Å²) in [6, 6.07) is 10.1. The second-order valence-electron chi connectivity index (χ2n) is 7.79. The highest BCUT2D eigenvalue weighted by molar-refractivity contribution is 5.79. The summed E-state index contributed by atoms with van der Waals surface area (Å²) in [5, 5.41) is 3.00. The maximum absolute atomic E-state index is 12.5. The van der Waals surface area contributed by atoms with Crippen molar-refractivity contribution in [3.63, 3.8) is 0 Å². The number of hydrogen-bond donors (Lipinski definition) is 1. The minimum Gasteiger partial charge on any atom is -0.350 e. The fraction of sp³-hybridized carbons (Fsp3) is 0.600. The summed E-state index contributed by atoms with van der Waals surface area (Å²) in [5.41, 5.74) is 0.994. The first-order valence-electron chi connectivity index (χ1n) is 9.18. The molecular weight excluding hydrogens is 314 g/mol. The molecule has 0 unspecified atom stereocenters. The van der Waals surface area contributed by atoms with Gasteiger partial charge in [0.15, 0.2) is 0 Å². The molecule has 1 fully saturated rings. The van der Waals surface area contributed by atoms with Crippen LogP contribution >= 0.6 is 0 Å². The lowest BCUT2D eigenvalue weighted by Gasteiger charge is -2.25. The van der Waals surface area contributed by atoms with Gasteiger partial charge in [-0.1, -0.05) is 30.3 Å². The van der Waals surface area contributed by atoms with Crippen LogP contribution in [-0.4, -0.2) is 59.9 Å². The number of rotatable bonds is 5. The summed E-state index contributed by atoms with van der Waals surface area (Å²) in [4.78, 5) is 28.6. The molecule has 1 aromatic rings. The molecular formula is C20H31N3O2. The third kappa shape index (κ3) is 7.26. The molecule has 0 atom stereocenters. The highest BCUT2D eigenvalue weighted by Gasteiger charge is 2.21. The molecule has 5 heteroatoms. The lowest BCUT2D eigenvalue weighted by molar-refractivity contribution is -0.131. The van der Waals surface area contributed by atoms with Crippen LogP contribution in [0.2, 0.25) is 0 Å². The molecule has 138 valence electrons. The van der Waals surface area contributed by atoms with Crippen molar-refractivity contribution >= 4 is 11.8 Å². The van der Waals surface area contributed by atoms with Crippen LogP contribution in [0.15, 0.2) is 30.3 Å². The number of nitrogens with one attached hydrogen (secondary N) is 1. The SMILES string of the molecule is CC(C)(C)NC(=O)CN1CCCN(C(=O)CCc2ccccc2)CC1. The average Bonchev–Trinajstić information content (AvgIpc) is 2.77. The Morgan fingerprint density at radius 2 is 1.76 bits per heavy atom. The van der Waals surface area contributed by atoms with Gasteiger partial charge in [-0.3, -0.25) is 14.5 Å². The third-order valence-corrected chi connectivity index (χ3v) is 4.29. The zero-order chi connectivity index (χ0) is 18.3. The molecule has 2 amide bonds. The molecule has 0 spiro atoms. The van der Waals surface area contributed by atoms with Crippen LogP contribution in [-0.2, 0) is 16.0 Å². The zero-order valence-electron chi connectivity index (χ0n) is 15.8. The molecule has 1 N–H and O–H groups in total. The number of carbonyl (C=O) groups is 2. The van der Waals surface area contributed by atoms with Gasteiger partial charge >= 0.3 is 0 Å². The van der Waals surface area contributed by atoms with Gasteiger partial charge < -0.3 is 10.2 Å². The van der Waals surface area contributed by atoms with Gasteiger partial charge in [0.2, 0.25) is 11.8 Å². The summed E-state index contributed by atoms with van der Waals surface area (Å²) in [6.07, 6.45) is 2.25. The van der Waals surface area contributed by atoms with Gasteiger partial charge in [0, 0.05) is 38.1 Å². The normalized spacial score (nSPS) is 16.4. The Morgan fingerprint density at radius 3 is 2.44 bits per heavy atom. The van der Waals surface area contributed by atoms with E-state index in [0.29, 0.717) is 19.5 Å². The Labute approximate surface area is 151 Å². The predicted molar refractivity (Wildman–Crippen MR) is 100 cm³/mol. The number of aryl methyl sites for hydroxylation is 1. The van der Waals surface area contributed by atoms with Crippen LogP contribution in [0.4, 0.5) is 0 Å². The topological polar surface area (TPSA) is 52.7 Å². The molecule has 1 aromatic carbocycles. The Bertz CT molecular complexity index is 566. The molecule has 2 rings (SSSR count). The van der Waals surface area contributed by atoms with Gasteiger partial charge in [-0.05, 0) is 39.2 Å². The summed E-state index contributed by atoms with van der Waals surface area (Å²) in [5.74, 6) is 0.265. The largest absolute Gasteiger partial charge is 0.350 e. The highest BCUT2D eigenvalue weighted by atomic mass is 16.2. The van der Waals surface area contributed by atoms with E-state index >= 15 is 0 Å². The molecule has 0 aromatic heterocycles. The molecule has 1 saturated heterocycles. The van der Waals surface area contributed by atoms with E-state index in [-0.39, 0.29) is 17.4 Å². The first kappa shape index (κ1) is 19.4. The lowest BCUT2D eigenvalue weighted by atomic mass is 10.1. The van der Waals surface area contributed by atoms with Crippen molar-refractivity contribution in [2.75, 3.05) is 32.7 Å².